The molecule has 1 aliphatic heterocycles. The number of hydrogen-bond acceptors (Lipinski definition) is 6. The minimum atomic E-state index is -1.11. The number of hydrogen-bond donors (Lipinski definition) is 1. The lowest BCUT2D eigenvalue weighted by molar-refractivity contribution is -0.130. The Morgan fingerprint density at radius 3 is 2.05 bits per heavy atom. The molecule has 0 saturated carbocycles. The van der Waals surface area contributed by atoms with E-state index in [1.54, 1.807) is 14.0 Å². The summed E-state index contributed by atoms with van der Waals surface area (Å²) in [6.07, 6.45) is -0.0852. The number of benzene rings is 3. The fourth-order valence-corrected chi connectivity index (χ4v) is 4.97. The van der Waals surface area contributed by atoms with E-state index in [9.17, 15) is 14.4 Å². The molecule has 0 bridgehead atoms. The molecule has 8 heteroatoms. The van der Waals surface area contributed by atoms with Gasteiger partial charge in [-0.3, -0.25) is 14.3 Å². The molecule has 0 radical (unpaired) electrons. The lowest BCUT2D eigenvalue weighted by Gasteiger charge is -2.38. The van der Waals surface area contributed by atoms with Crippen LogP contribution in [0, 0.1) is 6.92 Å². The van der Waals surface area contributed by atoms with Crippen molar-refractivity contribution >= 4 is 6.29 Å². The van der Waals surface area contributed by atoms with Crippen molar-refractivity contribution in [2.45, 2.75) is 37.4 Å². The summed E-state index contributed by atoms with van der Waals surface area (Å²) in [5.41, 5.74) is 0.745. The largest absolute Gasteiger partial charge is 0.497 e. The van der Waals surface area contributed by atoms with Crippen LogP contribution in [0.4, 0.5) is 0 Å². The second kappa shape index (κ2) is 10.6. The first-order valence-corrected chi connectivity index (χ1v) is 12.3. The standard InChI is InChI=1S/C30H28N2O6/c1-20-18-32(29(35)31-28(20)34)27-17-25(26(19-33)37-27)38-30(21-9-5-3-6-10-21,22-11-7-4-8-12-22)23-13-15-24(36-2)16-14-23/h3-16,18-19,25-27H,17H2,1-2H3,(H,31,34,35)/t25-,26+,27+/m0/s1. The molecular formula is C30H28N2O6. The molecule has 1 aromatic heterocycles. The lowest BCUT2D eigenvalue weighted by atomic mass is 9.79. The summed E-state index contributed by atoms with van der Waals surface area (Å²) >= 11 is 0. The van der Waals surface area contributed by atoms with Crippen LogP contribution in [0.3, 0.4) is 0 Å². The van der Waals surface area contributed by atoms with Crippen molar-refractivity contribution in [2.24, 2.45) is 0 Å². The third kappa shape index (κ3) is 4.60. The van der Waals surface area contributed by atoms with Crippen molar-refractivity contribution in [1.82, 2.24) is 9.55 Å². The number of ether oxygens (including phenoxy) is 3. The Morgan fingerprint density at radius 1 is 0.921 bits per heavy atom. The Morgan fingerprint density at radius 2 is 1.50 bits per heavy atom. The predicted octanol–water partition coefficient (Wildman–Crippen LogP) is 3.72. The molecule has 38 heavy (non-hydrogen) atoms. The van der Waals surface area contributed by atoms with Gasteiger partial charge < -0.3 is 19.0 Å². The van der Waals surface area contributed by atoms with Gasteiger partial charge in [0.25, 0.3) is 5.56 Å². The van der Waals surface area contributed by atoms with Gasteiger partial charge >= 0.3 is 5.69 Å². The Kier molecular flexibility index (Phi) is 7.09. The van der Waals surface area contributed by atoms with Crippen molar-refractivity contribution in [2.75, 3.05) is 7.11 Å². The van der Waals surface area contributed by atoms with E-state index >= 15 is 0 Å². The molecule has 3 aromatic carbocycles. The van der Waals surface area contributed by atoms with Crippen molar-refractivity contribution in [3.05, 3.63) is 134 Å². The molecule has 0 unspecified atom stereocenters. The molecule has 3 atom stereocenters. The first kappa shape index (κ1) is 25.4. The van der Waals surface area contributed by atoms with Gasteiger partial charge in [-0.05, 0) is 35.7 Å². The smallest absolute Gasteiger partial charge is 0.330 e. The second-order valence-corrected chi connectivity index (χ2v) is 9.20. The average molecular weight is 513 g/mol. The van der Waals surface area contributed by atoms with Crippen molar-refractivity contribution in [3.8, 4) is 5.75 Å². The summed E-state index contributed by atoms with van der Waals surface area (Å²) in [6, 6.07) is 27.2. The Balaban J connectivity index is 1.64. The number of methoxy groups -OCH3 is 1. The van der Waals surface area contributed by atoms with Gasteiger partial charge in [-0.15, -0.1) is 0 Å². The van der Waals surface area contributed by atoms with Crippen LogP contribution >= 0.6 is 0 Å². The van der Waals surface area contributed by atoms with Crippen molar-refractivity contribution in [3.63, 3.8) is 0 Å². The SMILES string of the molecule is COc1ccc(C(O[C@H]2C[C@H](n3cc(C)c(=O)[nH]c3=O)O[C@@H]2C=O)(c2ccccc2)c2ccccc2)cc1. The first-order chi connectivity index (χ1) is 18.5. The molecule has 194 valence electrons. The van der Waals surface area contributed by atoms with Crippen LogP contribution in [-0.4, -0.2) is 35.2 Å². The Hall–Kier alpha value is -4.27. The van der Waals surface area contributed by atoms with E-state index in [0.717, 1.165) is 16.7 Å². The maximum absolute atomic E-state index is 12.6. The van der Waals surface area contributed by atoms with E-state index in [2.05, 4.69) is 4.98 Å². The van der Waals surface area contributed by atoms with Crippen LogP contribution in [0.1, 0.15) is 34.9 Å². The monoisotopic (exact) mass is 512 g/mol. The van der Waals surface area contributed by atoms with Crippen LogP contribution in [0.25, 0.3) is 0 Å². The summed E-state index contributed by atoms with van der Waals surface area (Å²) in [7, 11) is 1.61. The molecule has 1 aliphatic rings. The highest BCUT2D eigenvalue weighted by Crippen LogP contribution is 2.44. The number of carbonyl (C=O) groups is 1. The molecule has 0 spiro atoms. The first-order valence-electron chi connectivity index (χ1n) is 12.3. The lowest BCUT2D eigenvalue weighted by Crippen LogP contribution is -2.40. The van der Waals surface area contributed by atoms with Gasteiger partial charge in [0.1, 0.15) is 23.7 Å². The van der Waals surface area contributed by atoms with Gasteiger partial charge in [-0.25, -0.2) is 4.79 Å². The zero-order valence-electron chi connectivity index (χ0n) is 21.1. The van der Waals surface area contributed by atoms with E-state index < -0.39 is 35.3 Å². The summed E-state index contributed by atoms with van der Waals surface area (Å²) in [6.45, 7) is 1.61. The third-order valence-electron chi connectivity index (χ3n) is 6.89. The van der Waals surface area contributed by atoms with E-state index in [1.807, 2.05) is 84.9 Å². The number of nitrogens with one attached hydrogen (secondary N) is 1. The molecule has 0 aliphatic carbocycles. The zero-order chi connectivity index (χ0) is 26.7. The predicted molar refractivity (Wildman–Crippen MR) is 141 cm³/mol. The maximum atomic E-state index is 12.6. The number of aryl methyl sites for hydroxylation is 1. The highest BCUT2D eigenvalue weighted by molar-refractivity contribution is 5.58. The minimum Gasteiger partial charge on any atom is -0.497 e. The van der Waals surface area contributed by atoms with Crippen molar-refractivity contribution < 1.29 is 19.0 Å². The molecule has 4 aromatic rings. The van der Waals surface area contributed by atoms with E-state index in [0.29, 0.717) is 17.6 Å². The Labute approximate surface area is 219 Å². The van der Waals surface area contributed by atoms with Gasteiger partial charge in [0.15, 0.2) is 6.29 Å². The normalized spacial score (nSPS) is 19.3. The van der Waals surface area contributed by atoms with Crippen LogP contribution in [0.2, 0.25) is 0 Å². The number of carbonyl (C=O) groups excluding carboxylic acids is 1. The van der Waals surface area contributed by atoms with E-state index in [-0.39, 0.29) is 6.42 Å². The summed E-state index contributed by atoms with van der Waals surface area (Å²) in [5.74, 6) is 0.701. The number of aromatic nitrogens is 2. The molecule has 2 heterocycles. The number of nitrogens with zero attached hydrogens (tertiary/aromatic N) is 1. The highest BCUT2D eigenvalue weighted by Gasteiger charge is 2.46. The van der Waals surface area contributed by atoms with E-state index in [1.165, 1.54) is 10.8 Å². The molecule has 1 fully saturated rings. The fourth-order valence-electron chi connectivity index (χ4n) is 4.97. The zero-order valence-corrected chi connectivity index (χ0v) is 21.1. The van der Waals surface area contributed by atoms with Crippen LogP contribution in [0.5, 0.6) is 5.75 Å². The molecule has 8 nitrogen and oxygen atoms in total. The Bertz CT molecular complexity index is 1470. The minimum absolute atomic E-state index is 0.215. The second-order valence-electron chi connectivity index (χ2n) is 9.20. The van der Waals surface area contributed by atoms with Crippen molar-refractivity contribution in [1.29, 1.82) is 0 Å². The van der Waals surface area contributed by atoms with Crippen LogP contribution < -0.4 is 16.0 Å². The molecule has 0 amide bonds. The quantitative estimate of drug-likeness (QED) is 0.285. The molecule has 1 N–H and O–H groups in total. The third-order valence-corrected chi connectivity index (χ3v) is 6.89. The van der Waals surface area contributed by atoms with Gasteiger partial charge in [-0.2, -0.15) is 0 Å². The average Bonchev–Trinajstić information content (AvgIpc) is 3.37. The molecule has 1 saturated heterocycles. The fraction of sp³-hybridized carbons (Fsp3) is 0.233. The summed E-state index contributed by atoms with van der Waals surface area (Å²) in [5, 5.41) is 0. The summed E-state index contributed by atoms with van der Waals surface area (Å²) < 4.78 is 19.7. The van der Waals surface area contributed by atoms with Crippen LogP contribution in [-0.2, 0) is 19.9 Å². The van der Waals surface area contributed by atoms with Gasteiger partial charge in [0, 0.05) is 18.2 Å². The highest BCUT2D eigenvalue weighted by atomic mass is 16.6. The van der Waals surface area contributed by atoms with E-state index in [4.69, 9.17) is 14.2 Å². The van der Waals surface area contributed by atoms with Gasteiger partial charge in [-0.1, -0.05) is 72.8 Å². The maximum Gasteiger partial charge on any atom is 0.330 e. The number of aldehydes is 1. The number of H-pyrrole nitrogens is 1. The van der Waals surface area contributed by atoms with Gasteiger partial charge in [0.05, 0.1) is 13.2 Å². The number of rotatable bonds is 8. The number of aromatic amines is 1. The molecule has 5 rings (SSSR count). The van der Waals surface area contributed by atoms with Crippen LogP contribution in [0.15, 0.2) is 101 Å². The van der Waals surface area contributed by atoms with Gasteiger partial charge in [0.2, 0.25) is 0 Å². The topological polar surface area (TPSA) is 99.6 Å². The molecular weight excluding hydrogens is 484 g/mol. The summed E-state index contributed by atoms with van der Waals surface area (Å²) in [4.78, 5) is 39.0.